The van der Waals surface area contributed by atoms with E-state index in [1.54, 1.807) is 0 Å². The van der Waals surface area contributed by atoms with Gasteiger partial charge in [-0.15, -0.1) is 0 Å². The third kappa shape index (κ3) is 5.61. The third-order valence-electron chi connectivity index (χ3n) is 4.22. The maximum atomic E-state index is 12.2. The molecule has 0 aliphatic carbocycles. The van der Waals surface area contributed by atoms with Gasteiger partial charge in [0.15, 0.2) is 0 Å². The quantitative estimate of drug-likeness (QED) is 0.628. The highest BCUT2D eigenvalue weighted by molar-refractivity contribution is 5.94. The van der Waals surface area contributed by atoms with Gasteiger partial charge in [-0.2, -0.15) is 0 Å². The summed E-state index contributed by atoms with van der Waals surface area (Å²) in [5.41, 5.74) is 5.02. The summed E-state index contributed by atoms with van der Waals surface area (Å²) in [6.07, 6.45) is 0. The van der Waals surface area contributed by atoms with Crippen molar-refractivity contribution in [2.75, 3.05) is 17.2 Å². The van der Waals surface area contributed by atoms with Crippen LogP contribution in [0, 0.1) is 13.8 Å². The van der Waals surface area contributed by atoms with E-state index in [0.717, 1.165) is 33.8 Å². The topological polar surface area (TPSA) is 50.4 Å². The third-order valence-corrected chi connectivity index (χ3v) is 4.22. The van der Waals surface area contributed by atoms with E-state index in [9.17, 15) is 4.79 Å². The fourth-order valence-electron chi connectivity index (χ4n) is 2.66. The van der Waals surface area contributed by atoms with Crippen LogP contribution in [0.4, 0.5) is 11.4 Å². The maximum absolute atomic E-state index is 12.2. The van der Waals surface area contributed by atoms with Crippen molar-refractivity contribution in [2.45, 2.75) is 20.5 Å². The van der Waals surface area contributed by atoms with Crippen molar-refractivity contribution in [2.24, 2.45) is 0 Å². The molecule has 0 saturated heterocycles. The Bertz CT molecular complexity index is 890. The zero-order valence-corrected chi connectivity index (χ0v) is 15.7. The van der Waals surface area contributed by atoms with Gasteiger partial charge in [0.05, 0.1) is 6.54 Å². The summed E-state index contributed by atoms with van der Waals surface area (Å²) in [5, 5.41) is 6.08. The van der Waals surface area contributed by atoms with Gasteiger partial charge >= 0.3 is 0 Å². The van der Waals surface area contributed by atoms with Crippen molar-refractivity contribution in [1.29, 1.82) is 0 Å². The van der Waals surface area contributed by atoms with Crippen molar-refractivity contribution in [3.8, 4) is 5.75 Å². The highest BCUT2D eigenvalue weighted by Gasteiger charge is 2.05. The predicted octanol–water partition coefficient (Wildman–Crippen LogP) is 4.93. The molecule has 0 bridgehead atoms. The van der Waals surface area contributed by atoms with Gasteiger partial charge in [-0.25, -0.2) is 0 Å². The summed E-state index contributed by atoms with van der Waals surface area (Å²) in [4.78, 5) is 12.2. The molecule has 0 radical (unpaired) electrons. The Morgan fingerprint density at radius 2 is 1.67 bits per heavy atom. The molecule has 0 atom stereocenters. The Morgan fingerprint density at radius 3 is 2.41 bits per heavy atom. The number of benzene rings is 3. The highest BCUT2D eigenvalue weighted by Crippen LogP contribution is 2.18. The first kappa shape index (κ1) is 18.5. The zero-order chi connectivity index (χ0) is 19.1. The molecule has 0 unspecified atom stereocenters. The van der Waals surface area contributed by atoms with Crippen LogP contribution in [-0.2, 0) is 11.4 Å². The summed E-state index contributed by atoms with van der Waals surface area (Å²) < 4.78 is 5.77. The molecule has 4 heteroatoms. The highest BCUT2D eigenvalue weighted by atomic mass is 16.5. The lowest BCUT2D eigenvalue weighted by Gasteiger charge is -2.11. The van der Waals surface area contributed by atoms with Crippen molar-refractivity contribution < 1.29 is 9.53 Å². The summed E-state index contributed by atoms with van der Waals surface area (Å²) in [7, 11) is 0. The minimum absolute atomic E-state index is 0.0758. The van der Waals surface area contributed by atoms with Gasteiger partial charge in [-0.05, 0) is 60.9 Å². The fourth-order valence-corrected chi connectivity index (χ4v) is 2.66. The van der Waals surface area contributed by atoms with E-state index in [2.05, 4.69) is 10.6 Å². The van der Waals surface area contributed by atoms with Crippen LogP contribution in [0.2, 0.25) is 0 Å². The predicted molar refractivity (Wildman–Crippen MR) is 110 cm³/mol. The molecule has 0 fully saturated rings. The zero-order valence-electron chi connectivity index (χ0n) is 15.7. The molecule has 3 aromatic rings. The number of hydrogen-bond donors (Lipinski definition) is 2. The maximum Gasteiger partial charge on any atom is 0.243 e. The van der Waals surface area contributed by atoms with Crippen LogP contribution >= 0.6 is 0 Å². The molecule has 0 heterocycles. The van der Waals surface area contributed by atoms with Crippen LogP contribution in [0.1, 0.15) is 16.7 Å². The molecular weight excluding hydrogens is 336 g/mol. The standard InChI is InChI=1S/C23H24N2O2/c1-17-8-9-18(2)22(14-17)25-23(26)15-24-20-10-12-21(13-11-20)27-16-19-6-4-3-5-7-19/h3-14,24H,15-16H2,1-2H3,(H,25,26). The van der Waals surface area contributed by atoms with Crippen LogP contribution in [0.5, 0.6) is 5.75 Å². The Morgan fingerprint density at radius 1 is 0.926 bits per heavy atom. The van der Waals surface area contributed by atoms with E-state index < -0.39 is 0 Å². The molecule has 0 aromatic heterocycles. The number of ether oxygens (including phenoxy) is 1. The first-order valence-electron chi connectivity index (χ1n) is 8.98. The summed E-state index contributed by atoms with van der Waals surface area (Å²) in [6.45, 7) is 4.73. The lowest BCUT2D eigenvalue weighted by molar-refractivity contribution is -0.114. The minimum Gasteiger partial charge on any atom is -0.489 e. The van der Waals surface area contributed by atoms with Crippen LogP contribution < -0.4 is 15.4 Å². The Kier molecular flexibility index (Phi) is 6.10. The van der Waals surface area contributed by atoms with Crippen LogP contribution in [0.15, 0.2) is 72.8 Å². The van der Waals surface area contributed by atoms with Crippen molar-refractivity contribution in [3.05, 3.63) is 89.5 Å². The second-order valence-corrected chi connectivity index (χ2v) is 6.52. The Labute approximate surface area is 160 Å². The van der Waals surface area contributed by atoms with Gasteiger partial charge in [-0.3, -0.25) is 4.79 Å². The molecule has 138 valence electrons. The van der Waals surface area contributed by atoms with E-state index in [1.165, 1.54) is 0 Å². The summed E-state index contributed by atoms with van der Waals surface area (Å²) in [5.74, 6) is 0.720. The number of hydrogen-bond acceptors (Lipinski definition) is 3. The SMILES string of the molecule is Cc1ccc(C)c(NC(=O)CNc2ccc(OCc3ccccc3)cc2)c1. The number of aryl methyl sites for hydroxylation is 2. The molecule has 0 aliphatic rings. The molecule has 4 nitrogen and oxygen atoms in total. The van der Waals surface area contributed by atoms with Crippen LogP contribution in [-0.4, -0.2) is 12.5 Å². The average molecular weight is 360 g/mol. The molecule has 3 rings (SSSR count). The molecule has 0 saturated carbocycles. The van der Waals surface area contributed by atoms with E-state index in [1.807, 2.05) is 86.6 Å². The smallest absolute Gasteiger partial charge is 0.243 e. The first-order chi connectivity index (χ1) is 13.1. The normalized spacial score (nSPS) is 10.3. The number of rotatable bonds is 7. The van der Waals surface area contributed by atoms with Crippen molar-refractivity contribution in [1.82, 2.24) is 0 Å². The summed E-state index contributed by atoms with van der Waals surface area (Å²) >= 11 is 0. The van der Waals surface area contributed by atoms with E-state index in [-0.39, 0.29) is 12.5 Å². The molecule has 2 N–H and O–H groups in total. The van der Waals surface area contributed by atoms with Gasteiger partial charge in [-0.1, -0.05) is 42.5 Å². The largest absolute Gasteiger partial charge is 0.489 e. The Hall–Kier alpha value is -3.27. The lowest BCUT2D eigenvalue weighted by Crippen LogP contribution is -2.22. The van der Waals surface area contributed by atoms with Gasteiger partial charge < -0.3 is 15.4 Å². The van der Waals surface area contributed by atoms with E-state index in [0.29, 0.717) is 6.61 Å². The average Bonchev–Trinajstić information content (AvgIpc) is 2.69. The monoisotopic (exact) mass is 360 g/mol. The number of nitrogens with one attached hydrogen (secondary N) is 2. The molecule has 1 amide bonds. The van der Waals surface area contributed by atoms with E-state index >= 15 is 0 Å². The number of anilines is 2. The minimum atomic E-state index is -0.0758. The molecule has 27 heavy (non-hydrogen) atoms. The molecule has 0 spiro atoms. The Balaban J connectivity index is 1.48. The van der Waals surface area contributed by atoms with Crippen molar-refractivity contribution >= 4 is 17.3 Å². The second-order valence-electron chi connectivity index (χ2n) is 6.52. The first-order valence-corrected chi connectivity index (χ1v) is 8.98. The van der Waals surface area contributed by atoms with E-state index in [4.69, 9.17) is 4.74 Å². The fraction of sp³-hybridized carbons (Fsp3) is 0.174. The molecular formula is C23H24N2O2. The summed E-state index contributed by atoms with van der Waals surface area (Å²) in [6, 6.07) is 23.7. The van der Waals surface area contributed by atoms with Gasteiger partial charge in [0.2, 0.25) is 5.91 Å². The van der Waals surface area contributed by atoms with Gasteiger partial charge in [0.25, 0.3) is 0 Å². The van der Waals surface area contributed by atoms with Gasteiger partial charge in [0, 0.05) is 11.4 Å². The second kappa shape index (κ2) is 8.90. The molecule has 3 aromatic carbocycles. The molecule has 0 aliphatic heterocycles. The number of carbonyl (C=O) groups excluding carboxylic acids is 1. The number of carbonyl (C=O) groups is 1. The van der Waals surface area contributed by atoms with Crippen LogP contribution in [0.25, 0.3) is 0 Å². The number of amides is 1. The lowest BCUT2D eigenvalue weighted by atomic mass is 10.1. The van der Waals surface area contributed by atoms with Crippen LogP contribution in [0.3, 0.4) is 0 Å². The van der Waals surface area contributed by atoms with Gasteiger partial charge in [0.1, 0.15) is 12.4 Å². The van der Waals surface area contributed by atoms with Crippen molar-refractivity contribution in [3.63, 3.8) is 0 Å².